The minimum absolute atomic E-state index is 0.164. The number of phenolic OH excluding ortho intramolecular Hbond substituents is 1. The molecule has 0 amide bonds. The standard InChI is InChI=1S/C14H20ClNO2/c15-13-6-2-4-11(14(13)18)8-16-7-10-3-1-5-12(10)9-17/h2,4,6,10,12,16-18H,1,3,5,7-9H2. The average molecular weight is 270 g/mol. The molecule has 2 unspecified atom stereocenters. The first-order valence-electron chi connectivity index (χ1n) is 6.50. The van der Waals surface area contributed by atoms with E-state index in [0.717, 1.165) is 18.5 Å². The Balaban J connectivity index is 1.83. The third-order valence-corrected chi connectivity index (χ3v) is 4.15. The SMILES string of the molecule is OCC1CCCC1CNCc1cccc(Cl)c1O. The van der Waals surface area contributed by atoms with E-state index in [2.05, 4.69) is 5.32 Å². The Hall–Kier alpha value is -0.770. The van der Waals surface area contributed by atoms with Gasteiger partial charge in [0.15, 0.2) is 0 Å². The number of benzene rings is 1. The van der Waals surface area contributed by atoms with Crippen LogP contribution in [0.25, 0.3) is 0 Å². The van der Waals surface area contributed by atoms with Crippen LogP contribution in [0.3, 0.4) is 0 Å². The topological polar surface area (TPSA) is 52.5 Å². The molecule has 2 atom stereocenters. The maximum atomic E-state index is 9.78. The Labute approximate surface area is 113 Å². The Bertz CT molecular complexity index is 397. The summed E-state index contributed by atoms with van der Waals surface area (Å²) in [5.41, 5.74) is 0.820. The number of rotatable bonds is 5. The summed E-state index contributed by atoms with van der Waals surface area (Å²) < 4.78 is 0. The van der Waals surface area contributed by atoms with Gasteiger partial charge in [-0.25, -0.2) is 0 Å². The lowest BCUT2D eigenvalue weighted by molar-refractivity contribution is 0.192. The van der Waals surface area contributed by atoms with Gasteiger partial charge in [-0.3, -0.25) is 0 Å². The van der Waals surface area contributed by atoms with Crippen LogP contribution in [-0.2, 0) is 6.54 Å². The molecule has 3 nitrogen and oxygen atoms in total. The van der Waals surface area contributed by atoms with E-state index in [1.165, 1.54) is 12.8 Å². The summed E-state index contributed by atoms with van der Waals surface area (Å²) in [6.45, 7) is 1.78. The summed E-state index contributed by atoms with van der Waals surface area (Å²) in [6, 6.07) is 5.39. The summed E-state index contributed by atoms with van der Waals surface area (Å²) in [4.78, 5) is 0. The zero-order chi connectivity index (χ0) is 13.0. The van der Waals surface area contributed by atoms with Crippen molar-refractivity contribution >= 4 is 11.6 Å². The number of hydrogen-bond donors (Lipinski definition) is 3. The predicted octanol–water partition coefficient (Wildman–Crippen LogP) is 2.54. The number of halogens is 1. The van der Waals surface area contributed by atoms with Crippen molar-refractivity contribution in [2.75, 3.05) is 13.2 Å². The number of nitrogens with one attached hydrogen (secondary N) is 1. The highest BCUT2D eigenvalue weighted by molar-refractivity contribution is 6.32. The first kappa shape index (κ1) is 13.7. The molecular formula is C14H20ClNO2. The number of aliphatic hydroxyl groups is 1. The van der Waals surface area contributed by atoms with Gasteiger partial charge in [-0.2, -0.15) is 0 Å². The summed E-state index contributed by atoms with van der Waals surface area (Å²) in [5.74, 6) is 1.15. The molecule has 0 heterocycles. The molecule has 1 fully saturated rings. The second-order valence-corrected chi connectivity index (χ2v) is 5.42. The van der Waals surface area contributed by atoms with Gasteiger partial charge in [0.05, 0.1) is 5.02 Å². The first-order chi connectivity index (χ1) is 8.72. The number of phenols is 1. The van der Waals surface area contributed by atoms with Gasteiger partial charge in [0.2, 0.25) is 0 Å². The van der Waals surface area contributed by atoms with Crippen molar-refractivity contribution in [3.63, 3.8) is 0 Å². The van der Waals surface area contributed by atoms with E-state index in [0.29, 0.717) is 23.4 Å². The molecule has 1 aliphatic rings. The molecule has 1 aliphatic carbocycles. The van der Waals surface area contributed by atoms with Crippen LogP contribution in [0.4, 0.5) is 0 Å². The van der Waals surface area contributed by atoms with Gasteiger partial charge in [0.25, 0.3) is 0 Å². The molecule has 1 aromatic carbocycles. The summed E-state index contributed by atoms with van der Waals surface area (Å²) >= 11 is 5.85. The lowest BCUT2D eigenvalue weighted by Gasteiger charge is -2.18. The number of aromatic hydroxyl groups is 1. The van der Waals surface area contributed by atoms with Crippen LogP contribution >= 0.6 is 11.6 Å². The molecule has 0 radical (unpaired) electrons. The minimum Gasteiger partial charge on any atom is -0.506 e. The molecular weight excluding hydrogens is 250 g/mol. The van der Waals surface area contributed by atoms with Crippen LogP contribution in [0.1, 0.15) is 24.8 Å². The van der Waals surface area contributed by atoms with Crippen LogP contribution in [0.2, 0.25) is 5.02 Å². The molecule has 1 aromatic rings. The normalized spacial score (nSPS) is 23.4. The molecule has 0 aliphatic heterocycles. The van der Waals surface area contributed by atoms with Gasteiger partial charge in [0.1, 0.15) is 5.75 Å². The van der Waals surface area contributed by atoms with E-state index in [1.54, 1.807) is 6.07 Å². The van der Waals surface area contributed by atoms with E-state index >= 15 is 0 Å². The summed E-state index contributed by atoms with van der Waals surface area (Å²) in [5, 5.41) is 22.8. The van der Waals surface area contributed by atoms with Crippen molar-refractivity contribution in [3.8, 4) is 5.75 Å². The molecule has 0 bridgehead atoms. The fourth-order valence-electron chi connectivity index (χ4n) is 2.72. The van der Waals surface area contributed by atoms with Crippen molar-refractivity contribution in [3.05, 3.63) is 28.8 Å². The first-order valence-corrected chi connectivity index (χ1v) is 6.88. The Morgan fingerprint density at radius 3 is 2.83 bits per heavy atom. The third kappa shape index (κ3) is 3.16. The van der Waals surface area contributed by atoms with Gasteiger partial charge < -0.3 is 15.5 Å². The van der Waals surface area contributed by atoms with E-state index in [1.807, 2.05) is 12.1 Å². The lowest BCUT2D eigenvalue weighted by atomic mass is 9.97. The Morgan fingerprint density at radius 2 is 2.06 bits per heavy atom. The fraction of sp³-hybridized carbons (Fsp3) is 0.571. The molecule has 0 aromatic heterocycles. The second-order valence-electron chi connectivity index (χ2n) is 5.01. The van der Waals surface area contributed by atoms with Gasteiger partial charge in [-0.1, -0.05) is 30.2 Å². The van der Waals surface area contributed by atoms with Crippen LogP contribution in [0.5, 0.6) is 5.75 Å². The maximum absolute atomic E-state index is 9.78. The van der Waals surface area contributed by atoms with Crippen molar-refractivity contribution in [1.82, 2.24) is 5.32 Å². The zero-order valence-corrected chi connectivity index (χ0v) is 11.2. The Morgan fingerprint density at radius 1 is 1.28 bits per heavy atom. The molecule has 1 saturated carbocycles. The monoisotopic (exact) mass is 269 g/mol. The summed E-state index contributed by atoms with van der Waals surface area (Å²) in [7, 11) is 0. The number of aliphatic hydroxyl groups excluding tert-OH is 1. The number of hydrogen-bond acceptors (Lipinski definition) is 3. The van der Waals surface area contributed by atoms with Gasteiger partial charge >= 0.3 is 0 Å². The highest BCUT2D eigenvalue weighted by atomic mass is 35.5. The highest BCUT2D eigenvalue weighted by Gasteiger charge is 2.25. The van der Waals surface area contributed by atoms with Crippen molar-refractivity contribution in [2.45, 2.75) is 25.8 Å². The Kier molecular flexibility index (Phi) is 4.87. The highest BCUT2D eigenvalue weighted by Crippen LogP contribution is 2.31. The number of para-hydroxylation sites is 1. The molecule has 4 heteroatoms. The fourth-order valence-corrected chi connectivity index (χ4v) is 2.91. The minimum atomic E-state index is 0.164. The molecule has 0 saturated heterocycles. The van der Waals surface area contributed by atoms with Crippen molar-refractivity contribution < 1.29 is 10.2 Å². The van der Waals surface area contributed by atoms with Crippen LogP contribution in [0, 0.1) is 11.8 Å². The van der Waals surface area contributed by atoms with Crippen molar-refractivity contribution in [1.29, 1.82) is 0 Å². The van der Waals surface area contributed by atoms with E-state index in [4.69, 9.17) is 11.6 Å². The van der Waals surface area contributed by atoms with Gasteiger partial charge in [0, 0.05) is 18.7 Å². The van der Waals surface area contributed by atoms with Crippen LogP contribution < -0.4 is 5.32 Å². The quantitative estimate of drug-likeness (QED) is 0.770. The van der Waals surface area contributed by atoms with Crippen LogP contribution in [0.15, 0.2) is 18.2 Å². The lowest BCUT2D eigenvalue weighted by Crippen LogP contribution is -2.26. The summed E-state index contributed by atoms with van der Waals surface area (Å²) in [6.07, 6.45) is 3.52. The largest absolute Gasteiger partial charge is 0.506 e. The molecule has 18 heavy (non-hydrogen) atoms. The predicted molar refractivity (Wildman–Crippen MR) is 72.7 cm³/mol. The zero-order valence-electron chi connectivity index (χ0n) is 10.4. The van der Waals surface area contributed by atoms with Crippen LogP contribution in [-0.4, -0.2) is 23.4 Å². The second kappa shape index (κ2) is 6.41. The van der Waals surface area contributed by atoms with E-state index in [9.17, 15) is 10.2 Å². The van der Waals surface area contributed by atoms with Gasteiger partial charge in [-0.15, -0.1) is 0 Å². The molecule has 100 valence electrons. The van der Waals surface area contributed by atoms with Gasteiger partial charge in [-0.05, 0) is 37.3 Å². The third-order valence-electron chi connectivity index (χ3n) is 3.84. The maximum Gasteiger partial charge on any atom is 0.138 e. The van der Waals surface area contributed by atoms with E-state index in [-0.39, 0.29) is 12.4 Å². The van der Waals surface area contributed by atoms with Crippen molar-refractivity contribution in [2.24, 2.45) is 11.8 Å². The molecule has 3 N–H and O–H groups in total. The average Bonchev–Trinajstić information content (AvgIpc) is 2.82. The molecule has 2 rings (SSSR count). The molecule has 0 spiro atoms. The van der Waals surface area contributed by atoms with E-state index < -0.39 is 0 Å². The smallest absolute Gasteiger partial charge is 0.138 e.